The van der Waals surface area contributed by atoms with Gasteiger partial charge >= 0.3 is 0 Å². The van der Waals surface area contributed by atoms with Crippen LogP contribution in [-0.4, -0.2) is 18.4 Å². The molecule has 0 spiro atoms. The molecule has 110 valence electrons. The molecule has 20 heavy (non-hydrogen) atoms. The van der Waals surface area contributed by atoms with Crippen molar-refractivity contribution in [2.75, 3.05) is 11.9 Å². The van der Waals surface area contributed by atoms with Crippen LogP contribution in [0.1, 0.15) is 43.0 Å². The Balaban J connectivity index is 2.56. The highest BCUT2D eigenvalue weighted by atomic mass is 16.2. The molecule has 0 aromatic heterocycles. The van der Waals surface area contributed by atoms with E-state index in [1.807, 2.05) is 0 Å². The molecule has 1 aromatic carbocycles. The number of rotatable bonds is 8. The molecule has 5 heteroatoms. The van der Waals surface area contributed by atoms with E-state index in [1.54, 1.807) is 24.3 Å². The molecular weight excluding hydrogens is 254 g/mol. The van der Waals surface area contributed by atoms with Gasteiger partial charge in [0.2, 0.25) is 5.91 Å². The van der Waals surface area contributed by atoms with Crippen LogP contribution in [-0.2, 0) is 4.79 Å². The molecular formula is C15H23N3O2. The summed E-state index contributed by atoms with van der Waals surface area (Å²) >= 11 is 0. The first kappa shape index (κ1) is 16.2. The number of hydrogen-bond donors (Lipinski definition) is 3. The molecule has 5 N–H and O–H groups in total. The van der Waals surface area contributed by atoms with Gasteiger partial charge in [-0.1, -0.05) is 25.5 Å². The Kier molecular flexibility index (Phi) is 6.73. The molecule has 1 rings (SSSR count). The van der Waals surface area contributed by atoms with Crippen LogP contribution >= 0.6 is 0 Å². The highest BCUT2D eigenvalue weighted by Crippen LogP contribution is 2.17. The Hall–Kier alpha value is -1.88. The summed E-state index contributed by atoms with van der Waals surface area (Å²) in [5.74, 6) is -0.179. The number of benzene rings is 1. The maximum Gasteiger partial charge on any atom is 0.250 e. The van der Waals surface area contributed by atoms with Crippen LogP contribution in [0.15, 0.2) is 24.3 Å². The molecule has 1 unspecified atom stereocenters. The number of anilines is 1. The monoisotopic (exact) mass is 277 g/mol. The minimum absolute atomic E-state index is 0.103. The Morgan fingerprint density at radius 2 is 1.95 bits per heavy atom. The van der Waals surface area contributed by atoms with Crippen LogP contribution in [0.4, 0.5) is 5.69 Å². The number of nitrogens with two attached hydrogens (primary N) is 2. The van der Waals surface area contributed by atoms with Crippen molar-refractivity contribution in [3.63, 3.8) is 0 Å². The quantitative estimate of drug-likeness (QED) is 0.676. The second-order valence-corrected chi connectivity index (χ2v) is 4.85. The maximum atomic E-state index is 11.9. The van der Waals surface area contributed by atoms with Gasteiger partial charge in [0, 0.05) is 6.42 Å². The van der Waals surface area contributed by atoms with Crippen molar-refractivity contribution in [3.8, 4) is 0 Å². The van der Waals surface area contributed by atoms with E-state index in [4.69, 9.17) is 11.5 Å². The normalized spacial score (nSPS) is 11.9. The lowest BCUT2D eigenvalue weighted by atomic mass is 9.96. The fourth-order valence-electron chi connectivity index (χ4n) is 2.14. The largest absolute Gasteiger partial charge is 0.366 e. The SMILES string of the molecule is CCC(CCN)CCC(=O)Nc1ccccc1C(N)=O. The van der Waals surface area contributed by atoms with Crippen LogP contribution in [0.2, 0.25) is 0 Å². The van der Waals surface area contributed by atoms with E-state index in [1.165, 1.54) is 0 Å². The summed E-state index contributed by atoms with van der Waals surface area (Å²) in [6.07, 6.45) is 3.17. The first-order valence-corrected chi connectivity index (χ1v) is 6.97. The second-order valence-electron chi connectivity index (χ2n) is 4.85. The lowest BCUT2D eigenvalue weighted by molar-refractivity contribution is -0.116. The van der Waals surface area contributed by atoms with Crippen LogP contribution in [0.3, 0.4) is 0 Å². The van der Waals surface area contributed by atoms with Gasteiger partial charge in [-0.15, -0.1) is 0 Å². The Morgan fingerprint density at radius 3 is 2.55 bits per heavy atom. The topological polar surface area (TPSA) is 98.2 Å². The number of hydrogen-bond acceptors (Lipinski definition) is 3. The van der Waals surface area contributed by atoms with Crippen LogP contribution in [0.25, 0.3) is 0 Å². The minimum atomic E-state index is -0.546. The van der Waals surface area contributed by atoms with E-state index in [0.717, 1.165) is 19.3 Å². The fourth-order valence-corrected chi connectivity index (χ4v) is 2.14. The zero-order valence-corrected chi connectivity index (χ0v) is 11.9. The molecule has 0 bridgehead atoms. The van der Waals surface area contributed by atoms with E-state index >= 15 is 0 Å². The Labute approximate surface area is 119 Å². The maximum absolute atomic E-state index is 11.9. The predicted molar refractivity (Wildman–Crippen MR) is 80.3 cm³/mol. The van der Waals surface area contributed by atoms with Gasteiger partial charge in [0.1, 0.15) is 0 Å². The van der Waals surface area contributed by atoms with Gasteiger partial charge in [-0.05, 0) is 37.4 Å². The Bertz CT molecular complexity index is 460. The zero-order valence-electron chi connectivity index (χ0n) is 11.9. The highest BCUT2D eigenvalue weighted by Gasteiger charge is 2.12. The third kappa shape index (κ3) is 5.01. The predicted octanol–water partition coefficient (Wildman–Crippen LogP) is 1.88. The van der Waals surface area contributed by atoms with Gasteiger partial charge < -0.3 is 16.8 Å². The average molecular weight is 277 g/mol. The lowest BCUT2D eigenvalue weighted by Gasteiger charge is -2.14. The summed E-state index contributed by atoms with van der Waals surface area (Å²) in [5, 5.41) is 2.74. The summed E-state index contributed by atoms with van der Waals surface area (Å²) in [7, 11) is 0. The molecule has 2 amide bonds. The van der Waals surface area contributed by atoms with Gasteiger partial charge in [0.25, 0.3) is 5.91 Å². The van der Waals surface area contributed by atoms with Crippen molar-refractivity contribution < 1.29 is 9.59 Å². The Morgan fingerprint density at radius 1 is 1.25 bits per heavy atom. The molecule has 0 aliphatic heterocycles. The van der Waals surface area contributed by atoms with Gasteiger partial charge in [0.15, 0.2) is 0 Å². The number of nitrogens with one attached hydrogen (secondary N) is 1. The van der Waals surface area contributed by atoms with Crippen molar-refractivity contribution in [2.45, 2.75) is 32.6 Å². The van der Waals surface area contributed by atoms with Crippen molar-refractivity contribution in [2.24, 2.45) is 17.4 Å². The van der Waals surface area contributed by atoms with Crippen molar-refractivity contribution in [3.05, 3.63) is 29.8 Å². The van der Waals surface area contributed by atoms with Crippen LogP contribution in [0.5, 0.6) is 0 Å². The number of amides is 2. The van der Waals surface area contributed by atoms with Gasteiger partial charge in [-0.3, -0.25) is 9.59 Å². The van der Waals surface area contributed by atoms with Crippen molar-refractivity contribution in [1.82, 2.24) is 0 Å². The summed E-state index contributed by atoms with van der Waals surface area (Å²) in [4.78, 5) is 23.2. The average Bonchev–Trinajstić information content (AvgIpc) is 2.43. The summed E-state index contributed by atoms with van der Waals surface area (Å²) in [6, 6.07) is 6.74. The molecule has 0 saturated carbocycles. The first-order valence-electron chi connectivity index (χ1n) is 6.97. The molecule has 5 nitrogen and oxygen atoms in total. The third-order valence-corrected chi connectivity index (χ3v) is 3.40. The molecule has 1 aromatic rings. The van der Waals surface area contributed by atoms with Gasteiger partial charge in [0.05, 0.1) is 11.3 Å². The number of primary amides is 1. The van der Waals surface area contributed by atoms with Crippen molar-refractivity contribution >= 4 is 17.5 Å². The molecule has 1 atom stereocenters. The standard InChI is InChI=1S/C15H23N3O2/c1-2-11(9-10-16)7-8-14(19)18-13-6-4-3-5-12(13)15(17)20/h3-6,11H,2,7-10,16H2,1H3,(H2,17,20)(H,18,19). The van der Waals surface area contributed by atoms with E-state index in [-0.39, 0.29) is 5.91 Å². The van der Waals surface area contributed by atoms with Gasteiger partial charge in [-0.25, -0.2) is 0 Å². The summed E-state index contributed by atoms with van der Waals surface area (Å²) < 4.78 is 0. The van der Waals surface area contributed by atoms with E-state index < -0.39 is 5.91 Å². The lowest BCUT2D eigenvalue weighted by Crippen LogP contribution is -2.19. The number of carbonyl (C=O) groups excluding carboxylic acids is 2. The summed E-state index contributed by atoms with van der Waals surface area (Å²) in [5.41, 5.74) is 11.6. The molecule has 0 aliphatic rings. The molecule has 0 heterocycles. The number of para-hydroxylation sites is 1. The van der Waals surface area contributed by atoms with Crippen LogP contribution in [0, 0.1) is 5.92 Å². The second kappa shape index (κ2) is 8.32. The molecule has 0 aliphatic carbocycles. The third-order valence-electron chi connectivity index (χ3n) is 3.40. The van der Waals surface area contributed by atoms with Crippen LogP contribution < -0.4 is 16.8 Å². The van der Waals surface area contributed by atoms with Gasteiger partial charge in [-0.2, -0.15) is 0 Å². The van der Waals surface area contributed by atoms with E-state index in [2.05, 4.69) is 12.2 Å². The summed E-state index contributed by atoms with van der Waals surface area (Å²) in [6.45, 7) is 2.74. The smallest absolute Gasteiger partial charge is 0.250 e. The fraction of sp³-hybridized carbons (Fsp3) is 0.467. The molecule has 0 fully saturated rings. The molecule has 0 saturated heterocycles. The zero-order chi connectivity index (χ0) is 15.0. The first-order chi connectivity index (χ1) is 9.58. The van der Waals surface area contributed by atoms with E-state index in [0.29, 0.717) is 30.1 Å². The molecule has 0 radical (unpaired) electrons. The highest BCUT2D eigenvalue weighted by molar-refractivity contribution is 6.02. The van der Waals surface area contributed by atoms with Crippen molar-refractivity contribution in [1.29, 1.82) is 0 Å². The minimum Gasteiger partial charge on any atom is -0.366 e. The number of carbonyl (C=O) groups is 2. The van der Waals surface area contributed by atoms with E-state index in [9.17, 15) is 9.59 Å².